The molecule has 0 saturated heterocycles. The van der Waals surface area contributed by atoms with Crippen molar-refractivity contribution in [2.24, 2.45) is 11.5 Å². The number of rotatable bonds is 1. The average Bonchev–Trinajstić information content (AvgIpc) is 1.61. The van der Waals surface area contributed by atoms with E-state index in [4.69, 9.17) is 27.4 Å². The predicted octanol–water partition coefficient (Wildman–Crippen LogP) is -3.72. The molecule has 0 rings (SSSR count). The Balaban J connectivity index is -0.0000000383. The quantitative estimate of drug-likeness (QED) is 0.442. The van der Waals surface area contributed by atoms with Crippen LogP contribution in [0.1, 0.15) is 0 Å². The molecule has 0 heterocycles. The fraction of sp³-hybridized carbons (Fsp3) is 1.00. The van der Waals surface area contributed by atoms with E-state index in [9.17, 15) is 0 Å². The van der Waals surface area contributed by atoms with Gasteiger partial charge in [-0.05, 0) is 0 Å². The van der Waals surface area contributed by atoms with Gasteiger partial charge in [-0.3, -0.25) is 0 Å². The molecule has 0 aliphatic heterocycles. The molecule has 0 fully saturated rings. The Morgan fingerprint density at radius 2 is 1.09 bits per heavy atom. The standard InChI is InChI=1S/C2H8N2.2Ag.Cr.4O/c3-1-2-4;;;;;;;/h1-4H2;;;;;;;/q;2*+1;;;;2*-1. The van der Waals surface area contributed by atoms with Crippen molar-refractivity contribution in [3.63, 3.8) is 0 Å². The molecule has 78 valence electrons. The number of nitrogens with two attached hydrogens (primary N) is 2. The van der Waals surface area contributed by atoms with E-state index in [1.165, 1.54) is 0 Å². The van der Waals surface area contributed by atoms with Gasteiger partial charge in [-0.15, -0.1) is 0 Å². The van der Waals surface area contributed by atoms with Crippen molar-refractivity contribution in [2.75, 3.05) is 13.1 Å². The summed E-state index contributed by atoms with van der Waals surface area (Å²) in [6, 6.07) is 0. The zero-order chi connectivity index (χ0) is 7.91. The van der Waals surface area contributed by atoms with Crippen molar-refractivity contribution in [3.05, 3.63) is 0 Å². The molecule has 0 amide bonds. The summed E-state index contributed by atoms with van der Waals surface area (Å²) in [6.07, 6.45) is 0. The topological polar surface area (TPSA) is 132 Å². The van der Waals surface area contributed by atoms with E-state index in [-0.39, 0.29) is 44.8 Å². The molecule has 0 bridgehead atoms. The van der Waals surface area contributed by atoms with Gasteiger partial charge in [0.25, 0.3) is 0 Å². The third-order valence-corrected chi connectivity index (χ3v) is 0.167. The number of hydrogen-bond acceptors (Lipinski definition) is 6. The third-order valence-electron chi connectivity index (χ3n) is 0.167. The third kappa shape index (κ3) is 170. The Morgan fingerprint density at radius 3 is 1.09 bits per heavy atom. The van der Waals surface area contributed by atoms with Gasteiger partial charge >= 0.3 is 74.3 Å². The zero-order valence-corrected chi connectivity index (χ0v) is 9.45. The molecule has 0 aromatic carbocycles. The Labute approximate surface area is 98.1 Å². The fourth-order valence-electron chi connectivity index (χ4n) is 0. The molecule has 4 N–H and O–H groups in total. The van der Waals surface area contributed by atoms with Gasteiger partial charge < -0.3 is 11.5 Å². The summed E-state index contributed by atoms with van der Waals surface area (Å²) < 4.78 is 34.4. The van der Waals surface area contributed by atoms with Crippen LogP contribution in [0.2, 0.25) is 0 Å². The van der Waals surface area contributed by atoms with E-state index in [0.29, 0.717) is 13.1 Å². The summed E-state index contributed by atoms with van der Waals surface area (Å²) in [6.45, 7) is 1.19. The summed E-state index contributed by atoms with van der Waals surface area (Å²) in [5, 5.41) is 0. The van der Waals surface area contributed by atoms with Crippen molar-refractivity contribution >= 4 is 0 Å². The Morgan fingerprint density at radius 1 is 1.00 bits per heavy atom. The molecule has 0 aliphatic carbocycles. The molecular formula is C2H8Ag2CrN2O4. The summed E-state index contributed by atoms with van der Waals surface area (Å²) in [4.78, 5) is 0. The summed E-state index contributed by atoms with van der Waals surface area (Å²) in [5.41, 5.74) is 9.81. The van der Waals surface area contributed by atoms with Crippen molar-refractivity contribution in [3.8, 4) is 0 Å². The predicted molar refractivity (Wildman–Crippen MR) is 19.5 cm³/mol. The zero-order valence-electron chi connectivity index (χ0n) is 5.21. The first-order valence-electron chi connectivity index (χ1n) is 1.98. The van der Waals surface area contributed by atoms with Gasteiger partial charge in [-0.2, -0.15) is 0 Å². The summed E-state index contributed by atoms with van der Waals surface area (Å²) in [7, 11) is 0. The van der Waals surface area contributed by atoms with Crippen LogP contribution in [0.3, 0.4) is 0 Å². The molecule has 0 atom stereocenters. The van der Waals surface area contributed by atoms with E-state index in [1.807, 2.05) is 0 Å². The van der Waals surface area contributed by atoms with Crippen molar-refractivity contribution in [1.82, 2.24) is 0 Å². The minimum absolute atomic E-state index is 0. The molecule has 0 unspecified atom stereocenters. The molecular weight excluding hydrogens is 384 g/mol. The van der Waals surface area contributed by atoms with Crippen LogP contribution >= 0.6 is 0 Å². The molecule has 0 saturated carbocycles. The Hall–Kier alpha value is 1.45. The second-order valence-electron chi connectivity index (χ2n) is 0.986. The van der Waals surface area contributed by atoms with Crippen LogP contribution in [0, 0.1) is 0 Å². The van der Waals surface area contributed by atoms with Gasteiger partial charge in [0.15, 0.2) is 0 Å². The van der Waals surface area contributed by atoms with E-state index in [0.717, 1.165) is 0 Å². The molecule has 0 aromatic heterocycles. The monoisotopic (exact) mass is 390 g/mol. The maximum absolute atomic E-state index is 8.59. The van der Waals surface area contributed by atoms with Gasteiger partial charge in [-0.25, -0.2) is 0 Å². The van der Waals surface area contributed by atoms with E-state index >= 15 is 0 Å². The average molecular weight is 392 g/mol. The fourth-order valence-corrected chi connectivity index (χ4v) is 0. The first kappa shape index (κ1) is 22.9. The summed E-state index contributed by atoms with van der Waals surface area (Å²) in [5.74, 6) is 0. The molecule has 11 heavy (non-hydrogen) atoms. The van der Waals surface area contributed by atoms with Gasteiger partial charge in [0, 0.05) is 13.1 Å². The van der Waals surface area contributed by atoms with Crippen LogP contribution in [-0.4, -0.2) is 13.1 Å². The van der Waals surface area contributed by atoms with Gasteiger partial charge in [-0.1, -0.05) is 0 Å². The molecule has 0 radical (unpaired) electrons. The van der Waals surface area contributed by atoms with Crippen LogP contribution < -0.4 is 19.8 Å². The molecule has 0 aliphatic rings. The van der Waals surface area contributed by atoms with E-state index < -0.39 is 13.6 Å². The Kier molecular flexibility index (Phi) is 29.1. The first-order chi connectivity index (χ1) is 3.91. The van der Waals surface area contributed by atoms with Crippen molar-refractivity contribution in [2.45, 2.75) is 0 Å². The first-order valence-corrected chi connectivity index (χ1v) is 4.07. The molecule has 9 heteroatoms. The minimum atomic E-state index is -5.75. The van der Waals surface area contributed by atoms with Gasteiger partial charge in [0.2, 0.25) is 0 Å². The van der Waals surface area contributed by atoms with Crippen LogP contribution in [0.5, 0.6) is 0 Å². The number of hydrogen-bond donors (Lipinski definition) is 2. The van der Waals surface area contributed by atoms with Crippen LogP contribution in [0.4, 0.5) is 0 Å². The summed E-state index contributed by atoms with van der Waals surface area (Å²) >= 11 is -5.75. The maximum atomic E-state index is 8.59. The van der Waals surface area contributed by atoms with Crippen LogP contribution in [0.15, 0.2) is 0 Å². The Bertz CT molecular complexity index is 127. The molecule has 0 aromatic rings. The van der Waals surface area contributed by atoms with E-state index in [1.54, 1.807) is 0 Å². The SMILES string of the molecule is NCCN.[Ag+].[Ag+].[O]=[Cr](=[O])([O-])[O-]. The second kappa shape index (κ2) is 14.0. The molecule has 6 nitrogen and oxygen atoms in total. The molecule has 0 spiro atoms. The van der Waals surface area contributed by atoms with Crippen molar-refractivity contribution in [1.29, 1.82) is 0 Å². The van der Waals surface area contributed by atoms with Crippen molar-refractivity contribution < 1.29 is 74.3 Å². The van der Waals surface area contributed by atoms with Gasteiger partial charge in [0.05, 0.1) is 0 Å². The van der Waals surface area contributed by atoms with Gasteiger partial charge in [0.1, 0.15) is 0 Å². The van der Waals surface area contributed by atoms with E-state index in [2.05, 4.69) is 0 Å². The normalized spacial score (nSPS) is 8.00. The second-order valence-corrected chi connectivity index (χ2v) is 2.26. The van der Waals surface area contributed by atoms with Crippen LogP contribution in [0.25, 0.3) is 0 Å². The van der Waals surface area contributed by atoms with Crippen LogP contribution in [-0.2, 0) is 66.0 Å².